The van der Waals surface area contributed by atoms with Crippen molar-refractivity contribution in [1.82, 2.24) is 13.8 Å². The van der Waals surface area contributed by atoms with Gasteiger partial charge in [-0.2, -0.15) is 9.57 Å². The Labute approximate surface area is 206 Å². The van der Waals surface area contributed by atoms with Crippen molar-refractivity contribution in [1.29, 1.82) is 5.26 Å². The van der Waals surface area contributed by atoms with Gasteiger partial charge in [-0.15, -0.1) is 0 Å². The number of nitriles is 1. The maximum atomic E-state index is 12.7. The topological polar surface area (TPSA) is 113 Å². The molecular weight excluding hydrogens is 468 g/mol. The van der Waals surface area contributed by atoms with Gasteiger partial charge < -0.3 is 14.2 Å². The van der Waals surface area contributed by atoms with Gasteiger partial charge in [-0.1, -0.05) is 25.1 Å². The fourth-order valence-electron chi connectivity index (χ4n) is 4.05. The highest BCUT2D eigenvalue weighted by molar-refractivity contribution is 7.89. The zero-order chi connectivity index (χ0) is 25.6. The molecule has 9 nitrogen and oxygen atoms in total. The lowest BCUT2D eigenvalue weighted by atomic mass is 10.1. The Balaban J connectivity index is 1.57. The maximum Gasteiger partial charge on any atom is 0.349 e. The smallest absolute Gasteiger partial charge is 0.349 e. The molecule has 1 aliphatic rings. The predicted octanol–water partition coefficient (Wildman–Crippen LogP) is 2.50. The second-order valence-corrected chi connectivity index (χ2v) is 10.3. The molecule has 0 spiro atoms. The number of amides is 1. The molecular formula is C25H30N4O5S. The van der Waals surface area contributed by atoms with E-state index in [0.29, 0.717) is 0 Å². The first-order valence-corrected chi connectivity index (χ1v) is 12.9. The van der Waals surface area contributed by atoms with Crippen LogP contribution >= 0.6 is 0 Å². The first-order chi connectivity index (χ1) is 16.7. The summed E-state index contributed by atoms with van der Waals surface area (Å²) in [5.74, 6) is -1.31. The number of hydrogen-bond acceptors (Lipinski definition) is 6. The third-order valence-corrected chi connectivity index (χ3v) is 7.91. The van der Waals surface area contributed by atoms with Crippen LogP contribution in [0.4, 0.5) is 0 Å². The van der Waals surface area contributed by atoms with Gasteiger partial charge >= 0.3 is 5.97 Å². The largest absolute Gasteiger partial charge is 0.451 e. The number of benzene rings is 1. The van der Waals surface area contributed by atoms with E-state index in [4.69, 9.17) is 4.74 Å². The first-order valence-electron chi connectivity index (χ1n) is 11.5. The van der Waals surface area contributed by atoms with Crippen LogP contribution < -0.4 is 0 Å². The molecule has 0 bridgehead atoms. The molecule has 0 unspecified atom stereocenters. The van der Waals surface area contributed by atoms with E-state index in [-0.39, 0.29) is 36.6 Å². The van der Waals surface area contributed by atoms with Crippen molar-refractivity contribution >= 4 is 28.0 Å². The number of esters is 1. The summed E-state index contributed by atoms with van der Waals surface area (Å²) < 4.78 is 34.0. The number of carbonyl (C=O) groups excluding carboxylic acids is 2. The molecule has 0 saturated carbocycles. The van der Waals surface area contributed by atoms with Gasteiger partial charge in [0.2, 0.25) is 10.0 Å². The van der Waals surface area contributed by atoms with Crippen LogP contribution in [-0.4, -0.2) is 66.9 Å². The average Bonchev–Trinajstić information content (AvgIpc) is 3.13. The fourth-order valence-corrected chi connectivity index (χ4v) is 5.49. The molecule has 1 amide bonds. The molecule has 35 heavy (non-hydrogen) atoms. The van der Waals surface area contributed by atoms with Gasteiger partial charge in [0.1, 0.15) is 11.6 Å². The Morgan fingerprint density at radius 3 is 2.37 bits per heavy atom. The molecule has 0 atom stereocenters. The minimum absolute atomic E-state index is 0.146. The van der Waals surface area contributed by atoms with Crippen molar-refractivity contribution in [2.75, 3.05) is 32.8 Å². The Kier molecular flexibility index (Phi) is 8.48. The first kappa shape index (κ1) is 26.2. The molecule has 2 aromatic rings. The van der Waals surface area contributed by atoms with Crippen LogP contribution in [0, 0.1) is 25.2 Å². The lowest BCUT2D eigenvalue weighted by Crippen LogP contribution is -2.51. The summed E-state index contributed by atoms with van der Waals surface area (Å²) in [5, 5.41) is 9.46. The van der Waals surface area contributed by atoms with E-state index in [0.717, 1.165) is 29.9 Å². The molecule has 1 aromatic carbocycles. The molecule has 186 valence electrons. The number of piperazine rings is 1. The Hall–Kier alpha value is -3.42. The number of aromatic nitrogens is 1. The normalized spacial score (nSPS) is 15.0. The molecule has 1 aromatic heterocycles. The van der Waals surface area contributed by atoms with Crippen LogP contribution in [-0.2, 0) is 30.9 Å². The quantitative estimate of drug-likeness (QED) is 0.314. The molecule has 0 N–H and O–H groups in total. The number of hydrogen-bond donors (Lipinski definition) is 0. The van der Waals surface area contributed by atoms with E-state index in [2.05, 4.69) is 11.5 Å². The molecule has 0 radical (unpaired) electrons. The molecule has 1 aliphatic heterocycles. The van der Waals surface area contributed by atoms with Crippen LogP contribution in [0.1, 0.15) is 30.3 Å². The highest BCUT2D eigenvalue weighted by atomic mass is 32.2. The average molecular weight is 499 g/mol. The van der Waals surface area contributed by atoms with E-state index in [1.54, 1.807) is 18.2 Å². The maximum absolute atomic E-state index is 12.7. The summed E-state index contributed by atoms with van der Waals surface area (Å²) in [6.07, 6.45) is 2.44. The minimum atomic E-state index is -3.63. The number of rotatable bonds is 8. The van der Waals surface area contributed by atoms with Gasteiger partial charge in [-0.3, -0.25) is 4.79 Å². The lowest BCUT2D eigenvalue weighted by molar-refractivity contribution is -0.149. The highest BCUT2D eigenvalue weighted by Gasteiger charge is 2.30. The molecule has 3 rings (SSSR count). The summed E-state index contributed by atoms with van der Waals surface area (Å²) in [7, 11) is -3.63. The van der Waals surface area contributed by atoms with Crippen LogP contribution in [0.5, 0.6) is 0 Å². The third kappa shape index (κ3) is 5.99. The van der Waals surface area contributed by atoms with Crippen molar-refractivity contribution in [3.63, 3.8) is 0 Å². The highest BCUT2D eigenvalue weighted by Crippen LogP contribution is 2.20. The van der Waals surface area contributed by atoms with Gasteiger partial charge in [0, 0.05) is 44.1 Å². The van der Waals surface area contributed by atoms with Gasteiger partial charge in [0.15, 0.2) is 6.61 Å². The van der Waals surface area contributed by atoms with Crippen molar-refractivity contribution in [2.45, 2.75) is 38.6 Å². The zero-order valence-corrected chi connectivity index (χ0v) is 21.0. The van der Waals surface area contributed by atoms with E-state index in [1.165, 1.54) is 27.4 Å². The third-order valence-electron chi connectivity index (χ3n) is 6.00. The van der Waals surface area contributed by atoms with Crippen LogP contribution in [0.3, 0.4) is 0 Å². The monoisotopic (exact) mass is 498 g/mol. The lowest BCUT2D eigenvalue weighted by Gasteiger charge is -2.33. The van der Waals surface area contributed by atoms with Crippen LogP contribution in [0.15, 0.2) is 46.9 Å². The number of aryl methyl sites for hydroxylation is 1. The van der Waals surface area contributed by atoms with E-state index >= 15 is 0 Å². The molecule has 1 saturated heterocycles. The molecule has 0 aliphatic carbocycles. The predicted molar refractivity (Wildman–Crippen MR) is 131 cm³/mol. The molecule has 1 fully saturated rings. The van der Waals surface area contributed by atoms with Gasteiger partial charge in [-0.05, 0) is 50.1 Å². The standard InChI is InChI=1S/C25H30N4O5S/c1-4-10-29-19(2)15-21(20(29)3)16-22(17-26)25(31)34-18-24(30)27-11-13-28(14-12-27)35(32,33)23-8-6-5-7-9-23/h5-9,15-16H,4,10-14,18H2,1-3H3/b22-16-. The SMILES string of the molecule is CCCn1c(C)cc(/C=C(/C#N)C(=O)OCC(=O)N2CCN(S(=O)(=O)c3ccccc3)CC2)c1C. The van der Waals surface area contributed by atoms with Crippen LogP contribution in [0.25, 0.3) is 6.08 Å². The van der Waals surface area contributed by atoms with Crippen molar-refractivity contribution in [3.05, 3.63) is 58.9 Å². The number of nitrogens with zero attached hydrogens (tertiary/aromatic N) is 4. The van der Waals surface area contributed by atoms with Crippen LogP contribution in [0.2, 0.25) is 0 Å². The Bertz CT molecular complexity index is 1250. The van der Waals surface area contributed by atoms with Crippen molar-refractivity contribution < 1.29 is 22.7 Å². The number of carbonyl (C=O) groups is 2. The Morgan fingerprint density at radius 1 is 1.11 bits per heavy atom. The molecule has 10 heteroatoms. The second kappa shape index (κ2) is 11.3. The zero-order valence-electron chi connectivity index (χ0n) is 20.2. The van der Waals surface area contributed by atoms with E-state index < -0.39 is 28.5 Å². The Morgan fingerprint density at radius 2 is 1.77 bits per heavy atom. The summed E-state index contributed by atoms with van der Waals surface area (Å²) in [4.78, 5) is 26.7. The van der Waals surface area contributed by atoms with E-state index in [9.17, 15) is 23.3 Å². The van der Waals surface area contributed by atoms with Gasteiger partial charge in [0.25, 0.3) is 5.91 Å². The number of sulfonamides is 1. The van der Waals surface area contributed by atoms with Crippen molar-refractivity contribution in [2.24, 2.45) is 0 Å². The summed E-state index contributed by atoms with van der Waals surface area (Å²) in [6.45, 7) is 6.96. The van der Waals surface area contributed by atoms with Gasteiger partial charge in [0.05, 0.1) is 4.90 Å². The minimum Gasteiger partial charge on any atom is -0.451 e. The summed E-state index contributed by atoms with van der Waals surface area (Å²) in [6, 6.07) is 11.9. The van der Waals surface area contributed by atoms with E-state index in [1.807, 2.05) is 26.0 Å². The number of ether oxygens (including phenoxy) is 1. The summed E-state index contributed by atoms with van der Waals surface area (Å²) in [5.41, 5.74) is 2.55. The fraction of sp³-hybridized carbons (Fsp3) is 0.400. The molecule has 2 heterocycles. The van der Waals surface area contributed by atoms with Gasteiger partial charge in [-0.25, -0.2) is 13.2 Å². The van der Waals surface area contributed by atoms with Crippen molar-refractivity contribution in [3.8, 4) is 6.07 Å². The second-order valence-electron chi connectivity index (χ2n) is 8.32. The summed E-state index contributed by atoms with van der Waals surface area (Å²) >= 11 is 0.